The van der Waals surface area contributed by atoms with Gasteiger partial charge in [-0.1, -0.05) is 12.1 Å². The zero-order valence-corrected chi connectivity index (χ0v) is 15.8. The molecule has 0 aromatic heterocycles. The second-order valence-electron chi connectivity index (χ2n) is 7.49. The Morgan fingerprint density at radius 1 is 1.07 bits per heavy atom. The van der Waals surface area contributed by atoms with Gasteiger partial charge in [0.25, 0.3) is 5.91 Å². The second-order valence-corrected chi connectivity index (χ2v) is 7.49. The maximum Gasteiger partial charge on any atom is 0.260 e. The Bertz CT molecular complexity index is 1000. The van der Waals surface area contributed by atoms with E-state index in [0.29, 0.717) is 22.6 Å². The maximum absolute atomic E-state index is 13.5. The number of hydrogen-bond donors (Lipinski definition) is 1. The monoisotopic (exact) mass is 364 g/mol. The van der Waals surface area contributed by atoms with Crippen molar-refractivity contribution in [3.05, 3.63) is 71.2 Å². The maximum atomic E-state index is 13.5. The average Bonchev–Trinajstić information content (AvgIpc) is 3.09. The van der Waals surface area contributed by atoms with Crippen LogP contribution < -0.4 is 10.2 Å². The van der Waals surface area contributed by atoms with Crippen molar-refractivity contribution in [3.8, 4) is 0 Å². The molecule has 0 aliphatic carbocycles. The number of nitrogens with one attached hydrogen (secondary N) is 1. The van der Waals surface area contributed by atoms with Crippen molar-refractivity contribution in [2.24, 2.45) is 0 Å². The summed E-state index contributed by atoms with van der Waals surface area (Å²) >= 11 is 0. The van der Waals surface area contributed by atoms with Crippen molar-refractivity contribution in [1.29, 1.82) is 0 Å². The predicted octanol–water partition coefficient (Wildman–Crippen LogP) is 4.45. The van der Waals surface area contributed by atoms with E-state index in [4.69, 9.17) is 4.74 Å². The fourth-order valence-electron chi connectivity index (χ4n) is 3.55. The summed E-state index contributed by atoms with van der Waals surface area (Å²) in [7, 11) is 4.00. The lowest BCUT2D eigenvalue weighted by Gasteiger charge is -2.24. The van der Waals surface area contributed by atoms with Crippen LogP contribution in [-0.2, 0) is 9.53 Å². The van der Waals surface area contributed by atoms with Gasteiger partial charge in [-0.15, -0.1) is 0 Å². The fourth-order valence-corrected chi connectivity index (χ4v) is 3.55. The third kappa shape index (κ3) is 2.89. The van der Waals surface area contributed by atoms with E-state index in [2.05, 4.69) is 29.6 Å². The minimum absolute atomic E-state index is 0.276. The van der Waals surface area contributed by atoms with Crippen molar-refractivity contribution in [1.82, 2.24) is 0 Å². The van der Waals surface area contributed by atoms with E-state index in [1.807, 2.05) is 38.9 Å². The highest BCUT2D eigenvalue weighted by Gasteiger charge is 2.37. The van der Waals surface area contributed by atoms with Crippen LogP contribution >= 0.6 is 0 Å². The summed E-state index contributed by atoms with van der Waals surface area (Å²) in [5, 5.41) is 2.72. The third-order valence-electron chi connectivity index (χ3n) is 4.96. The van der Waals surface area contributed by atoms with E-state index in [-0.39, 0.29) is 11.7 Å². The minimum Gasteiger partial charge on any atom is -0.482 e. The molecule has 0 spiro atoms. The number of allylic oxidation sites excluding steroid dienone is 1. The van der Waals surface area contributed by atoms with Gasteiger partial charge in [0.05, 0.1) is 11.3 Å². The first-order chi connectivity index (χ1) is 12.8. The number of amides is 1. The molecular formula is C22H21FN2O2. The summed E-state index contributed by atoms with van der Waals surface area (Å²) in [6.07, 6.45) is 1.91. The molecule has 1 amide bonds. The molecule has 2 aliphatic heterocycles. The Morgan fingerprint density at radius 2 is 1.78 bits per heavy atom. The van der Waals surface area contributed by atoms with E-state index in [1.165, 1.54) is 12.1 Å². The largest absolute Gasteiger partial charge is 0.482 e. The summed E-state index contributed by atoms with van der Waals surface area (Å²) in [5.41, 5.74) is 4.15. The third-order valence-corrected chi connectivity index (χ3v) is 4.96. The molecule has 2 aromatic rings. The second kappa shape index (κ2) is 5.98. The molecule has 4 nitrogen and oxygen atoms in total. The van der Waals surface area contributed by atoms with Gasteiger partial charge in [-0.2, -0.15) is 0 Å². The van der Waals surface area contributed by atoms with E-state index in [0.717, 1.165) is 16.8 Å². The summed E-state index contributed by atoms with van der Waals surface area (Å²) in [6.45, 7) is 3.95. The van der Waals surface area contributed by atoms with Gasteiger partial charge < -0.3 is 15.0 Å². The number of benzene rings is 2. The Labute approximate surface area is 157 Å². The summed E-state index contributed by atoms with van der Waals surface area (Å²) in [4.78, 5) is 14.5. The van der Waals surface area contributed by atoms with Gasteiger partial charge in [0.2, 0.25) is 0 Å². The standard InChI is InChI=1S/C22H21FN2O2/c1-22(2)17(13-5-8-15(9-6-13)25(3)4)12-19(27-22)20-16-10-7-14(23)11-18(16)24-21(20)26/h5-12H,1-4H3,(H,24,26). The van der Waals surface area contributed by atoms with Crippen LogP contribution in [-0.4, -0.2) is 25.6 Å². The van der Waals surface area contributed by atoms with Crippen LogP contribution in [0.15, 0.2) is 54.3 Å². The summed E-state index contributed by atoms with van der Waals surface area (Å²) in [6, 6.07) is 12.5. The smallest absolute Gasteiger partial charge is 0.260 e. The highest BCUT2D eigenvalue weighted by Crippen LogP contribution is 2.44. The molecule has 0 fully saturated rings. The normalized spacial score (nSPS) is 20.0. The van der Waals surface area contributed by atoms with Gasteiger partial charge in [0.15, 0.2) is 0 Å². The Morgan fingerprint density at radius 3 is 2.44 bits per heavy atom. The van der Waals surface area contributed by atoms with Crippen LogP contribution in [0.25, 0.3) is 11.1 Å². The zero-order chi connectivity index (χ0) is 19.3. The molecule has 2 aromatic carbocycles. The fraction of sp³-hybridized carbons (Fsp3) is 0.227. The molecule has 4 rings (SSSR count). The van der Waals surface area contributed by atoms with Crippen LogP contribution in [0.1, 0.15) is 25.0 Å². The highest BCUT2D eigenvalue weighted by molar-refractivity contribution is 6.32. The molecule has 27 heavy (non-hydrogen) atoms. The first-order valence-electron chi connectivity index (χ1n) is 8.81. The van der Waals surface area contributed by atoms with Crippen LogP contribution in [0.4, 0.5) is 15.8 Å². The lowest BCUT2D eigenvalue weighted by molar-refractivity contribution is -0.111. The van der Waals surface area contributed by atoms with E-state index in [9.17, 15) is 9.18 Å². The summed E-state index contributed by atoms with van der Waals surface area (Å²) in [5.74, 6) is -0.151. The average molecular weight is 364 g/mol. The van der Waals surface area contributed by atoms with Gasteiger partial charge in [-0.05, 0) is 55.8 Å². The van der Waals surface area contributed by atoms with Gasteiger partial charge in [0.1, 0.15) is 17.2 Å². The Hall–Kier alpha value is -3.08. The number of anilines is 2. The molecule has 2 heterocycles. The lowest BCUT2D eigenvalue weighted by Crippen LogP contribution is -2.21. The van der Waals surface area contributed by atoms with Crippen molar-refractivity contribution in [2.45, 2.75) is 19.4 Å². The van der Waals surface area contributed by atoms with Crippen molar-refractivity contribution in [3.63, 3.8) is 0 Å². The summed E-state index contributed by atoms with van der Waals surface area (Å²) < 4.78 is 19.6. The lowest BCUT2D eigenvalue weighted by atomic mass is 9.92. The first kappa shape index (κ1) is 17.3. The molecular weight excluding hydrogens is 343 g/mol. The molecule has 0 radical (unpaired) electrons. The van der Waals surface area contributed by atoms with Crippen LogP contribution in [0, 0.1) is 5.82 Å². The number of ether oxygens (including phenoxy) is 1. The molecule has 0 saturated carbocycles. The zero-order valence-electron chi connectivity index (χ0n) is 15.8. The van der Waals surface area contributed by atoms with E-state index in [1.54, 1.807) is 6.07 Å². The Balaban J connectivity index is 1.80. The van der Waals surface area contributed by atoms with Crippen LogP contribution in [0.5, 0.6) is 0 Å². The van der Waals surface area contributed by atoms with Gasteiger partial charge in [-0.3, -0.25) is 4.79 Å². The molecule has 0 atom stereocenters. The molecule has 2 aliphatic rings. The van der Waals surface area contributed by atoms with Gasteiger partial charge >= 0.3 is 0 Å². The van der Waals surface area contributed by atoms with Gasteiger partial charge in [0, 0.05) is 30.9 Å². The molecule has 0 saturated heterocycles. The van der Waals surface area contributed by atoms with Crippen molar-refractivity contribution in [2.75, 3.05) is 24.3 Å². The van der Waals surface area contributed by atoms with Crippen molar-refractivity contribution < 1.29 is 13.9 Å². The van der Waals surface area contributed by atoms with Crippen LogP contribution in [0.2, 0.25) is 0 Å². The number of fused-ring (bicyclic) bond motifs is 1. The molecule has 5 heteroatoms. The molecule has 0 unspecified atom stereocenters. The molecule has 0 bridgehead atoms. The quantitative estimate of drug-likeness (QED) is 0.801. The predicted molar refractivity (Wildman–Crippen MR) is 106 cm³/mol. The highest BCUT2D eigenvalue weighted by atomic mass is 19.1. The Kier molecular flexibility index (Phi) is 3.84. The van der Waals surface area contributed by atoms with Crippen LogP contribution in [0.3, 0.4) is 0 Å². The minimum atomic E-state index is -0.578. The molecule has 138 valence electrons. The number of carbonyl (C=O) groups excluding carboxylic acids is 1. The number of nitrogens with zero attached hydrogens (tertiary/aromatic N) is 1. The van der Waals surface area contributed by atoms with Gasteiger partial charge in [-0.25, -0.2) is 4.39 Å². The number of rotatable bonds is 2. The van der Waals surface area contributed by atoms with E-state index < -0.39 is 5.60 Å². The first-order valence-corrected chi connectivity index (χ1v) is 8.81. The van der Waals surface area contributed by atoms with E-state index >= 15 is 0 Å². The topological polar surface area (TPSA) is 41.6 Å². The number of carbonyl (C=O) groups is 1. The number of hydrogen-bond acceptors (Lipinski definition) is 3. The molecule has 1 N–H and O–H groups in total. The number of halogens is 1. The SMILES string of the molecule is CN(C)c1ccc(C2=CC(=C3C(=O)Nc4cc(F)ccc43)OC2(C)C)cc1. The van der Waals surface area contributed by atoms with Crippen molar-refractivity contribution >= 4 is 28.4 Å².